The number of phenols is 1. The first-order valence-corrected chi connectivity index (χ1v) is 10.8. The maximum absolute atomic E-state index is 13.1. The van der Waals surface area contributed by atoms with Gasteiger partial charge in [-0.3, -0.25) is 29.0 Å². The fourth-order valence-corrected chi connectivity index (χ4v) is 3.31. The fourth-order valence-electron chi connectivity index (χ4n) is 3.31. The van der Waals surface area contributed by atoms with Crippen molar-refractivity contribution in [3.63, 3.8) is 0 Å². The van der Waals surface area contributed by atoms with E-state index in [1.54, 1.807) is 12.1 Å². The van der Waals surface area contributed by atoms with Crippen molar-refractivity contribution >= 4 is 35.6 Å². The van der Waals surface area contributed by atoms with Crippen LogP contribution in [0.1, 0.15) is 24.8 Å². The summed E-state index contributed by atoms with van der Waals surface area (Å²) < 4.78 is 0. The minimum Gasteiger partial charge on any atom is -0.508 e. The van der Waals surface area contributed by atoms with Crippen LogP contribution in [0.5, 0.6) is 5.75 Å². The van der Waals surface area contributed by atoms with Gasteiger partial charge in [-0.25, -0.2) is 0 Å². The number of carbonyl (C=O) groups is 5. The van der Waals surface area contributed by atoms with Crippen molar-refractivity contribution < 1.29 is 34.2 Å². The number of hydrogen-bond acceptors (Lipinski definition) is 7. The number of carbonyl (C=O) groups excluding carboxylic acids is 4. The summed E-state index contributed by atoms with van der Waals surface area (Å²) in [6.45, 7) is -0.327. The Labute approximate surface area is 200 Å². The first-order valence-electron chi connectivity index (χ1n) is 10.8. The lowest BCUT2D eigenvalue weighted by Crippen LogP contribution is -2.60. The number of guanidine groups is 1. The van der Waals surface area contributed by atoms with E-state index in [-0.39, 0.29) is 31.1 Å². The molecule has 0 saturated carbocycles. The molecule has 1 aliphatic heterocycles. The van der Waals surface area contributed by atoms with Gasteiger partial charge in [-0.15, -0.1) is 0 Å². The van der Waals surface area contributed by atoms with Crippen LogP contribution in [-0.2, 0) is 30.4 Å². The molecule has 0 aliphatic carbocycles. The van der Waals surface area contributed by atoms with Crippen molar-refractivity contribution in [2.24, 2.45) is 16.5 Å². The molecule has 0 spiro atoms. The summed E-state index contributed by atoms with van der Waals surface area (Å²) >= 11 is 0. The van der Waals surface area contributed by atoms with Crippen LogP contribution in [0.15, 0.2) is 29.3 Å². The molecule has 1 saturated heterocycles. The Morgan fingerprint density at radius 2 is 1.57 bits per heavy atom. The van der Waals surface area contributed by atoms with E-state index >= 15 is 0 Å². The van der Waals surface area contributed by atoms with Crippen LogP contribution in [0.3, 0.4) is 0 Å². The minimum absolute atomic E-state index is 0.00248. The molecular formula is C21H29N7O7. The van der Waals surface area contributed by atoms with Crippen LogP contribution >= 0.6 is 0 Å². The molecule has 0 radical (unpaired) electrons. The topological polar surface area (TPSA) is 238 Å². The van der Waals surface area contributed by atoms with Gasteiger partial charge in [0.05, 0.1) is 13.0 Å². The third kappa shape index (κ3) is 9.19. The van der Waals surface area contributed by atoms with Gasteiger partial charge >= 0.3 is 5.97 Å². The van der Waals surface area contributed by atoms with E-state index in [4.69, 9.17) is 16.6 Å². The highest BCUT2D eigenvalue weighted by Gasteiger charge is 2.32. The lowest BCUT2D eigenvalue weighted by atomic mass is 10.0. The molecular weight excluding hydrogens is 462 g/mol. The number of phenolic OH excluding ortho intramolecular Hbond substituents is 1. The van der Waals surface area contributed by atoms with Crippen molar-refractivity contribution in [2.75, 3.05) is 13.1 Å². The number of aromatic hydroxyl groups is 1. The van der Waals surface area contributed by atoms with Crippen LogP contribution in [0, 0.1) is 0 Å². The van der Waals surface area contributed by atoms with Gasteiger partial charge < -0.3 is 42.9 Å². The van der Waals surface area contributed by atoms with E-state index in [9.17, 15) is 29.1 Å². The van der Waals surface area contributed by atoms with Crippen LogP contribution in [-0.4, -0.2) is 77.0 Å². The molecule has 1 heterocycles. The number of nitrogens with two attached hydrogens (primary N) is 2. The van der Waals surface area contributed by atoms with Gasteiger partial charge in [0.1, 0.15) is 23.9 Å². The lowest BCUT2D eigenvalue weighted by molar-refractivity contribution is -0.141. The van der Waals surface area contributed by atoms with Crippen molar-refractivity contribution in [1.29, 1.82) is 0 Å². The Kier molecular flexibility index (Phi) is 9.81. The first-order chi connectivity index (χ1) is 16.5. The molecule has 14 nitrogen and oxygen atoms in total. The molecule has 1 aromatic carbocycles. The van der Waals surface area contributed by atoms with Crippen LogP contribution < -0.4 is 32.7 Å². The van der Waals surface area contributed by atoms with Gasteiger partial charge in [0.15, 0.2) is 5.96 Å². The Hall–Kier alpha value is -4.36. The molecule has 0 aromatic heterocycles. The normalized spacial score (nSPS) is 21.3. The van der Waals surface area contributed by atoms with Crippen molar-refractivity contribution in [3.8, 4) is 5.75 Å². The maximum Gasteiger partial charge on any atom is 0.305 e. The molecule has 0 bridgehead atoms. The van der Waals surface area contributed by atoms with Gasteiger partial charge in [-0.1, -0.05) is 12.1 Å². The number of nitrogens with zero attached hydrogens (tertiary/aromatic N) is 1. The molecule has 190 valence electrons. The van der Waals surface area contributed by atoms with Crippen molar-refractivity contribution in [1.82, 2.24) is 21.3 Å². The second kappa shape index (κ2) is 12.8. The first kappa shape index (κ1) is 26.9. The Bertz CT molecular complexity index is 977. The molecule has 0 unspecified atom stereocenters. The summed E-state index contributed by atoms with van der Waals surface area (Å²) in [5, 5.41) is 28.3. The Morgan fingerprint density at radius 3 is 2.20 bits per heavy atom. The summed E-state index contributed by atoms with van der Waals surface area (Å²) in [6, 6.07) is 2.14. The third-order valence-electron chi connectivity index (χ3n) is 5.04. The Morgan fingerprint density at radius 1 is 0.943 bits per heavy atom. The highest BCUT2D eigenvalue weighted by Crippen LogP contribution is 2.12. The van der Waals surface area contributed by atoms with E-state index in [0.29, 0.717) is 12.0 Å². The van der Waals surface area contributed by atoms with E-state index < -0.39 is 60.7 Å². The number of carboxylic acid groups (broad SMARTS) is 1. The predicted octanol–water partition coefficient (Wildman–Crippen LogP) is -2.95. The van der Waals surface area contributed by atoms with Gasteiger partial charge in [0, 0.05) is 13.0 Å². The summed E-state index contributed by atoms with van der Waals surface area (Å²) in [5.41, 5.74) is 11.2. The number of nitrogens with one attached hydrogen (secondary N) is 4. The zero-order valence-corrected chi connectivity index (χ0v) is 18.8. The number of amides is 4. The van der Waals surface area contributed by atoms with Crippen LogP contribution in [0.2, 0.25) is 0 Å². The molecule has 1 fully saturated rings. The van der Waals surface area contributed by atoms with E-state index in [2.05, 4.69) is 26.3 Å². The van der Waals surface area contributed by atoms with E-state index in [0.717, 1.165) is 0 Å². The zero-order chi connectivity index (χ0) is 26.0. The molecule has 10 N–H and O–H groups in total. The van der Waals surface area contributed by atoms with Crippen molar-refractivity contribution in [2.45, 2.75) is 43.8 Å². The smallest absolute Gasteiger partial charge is 0.305 e. The SMILES string of the molecule is NC(N)=NCCC[C@@H]1NC(=O)[C@H](Cc2ccc(O)cc2)NC(=O)[C@H](CC(=O)O)NC(=O)CNC1=O. The van der Waals surface area contributed by atoms with Gasteiger partial charge in [-0.2, -0.15) is 0 Å². The lowest BCUT2D eigenvalue weighted by Gasteiger charge is -2.26. The second-order valence-corrected chi connectivity index (χ2v) is 7.88. The fraction of sp³-hybridized carbons (Fsp3) is 0.429. The standard InChI is InChI=1S/C21H29N7O7/c22-21(23)24-7-1-2-13-18(33)25-10-16(30)26-15(9-17(31)32)20(35)28-14(19(34)27-13)8-11-3-5-12(29)6-4-11/h3-6,13-15,29H,1-2,7-10H2,(H,25,33)(H,26,30)(H,27,34)(H,28,35)(H,31,32)(H4,22,23,24)/t13-,14-,15-/m0/s1. The van der Waals surface area contributed by atoms with Gasteiger partial charge in [0.2, 0.25) is 23.6 Å². The van der Waals surface area contributed by atoms with Crippen LogP contribution in [0.25, 0.3) is 0 Å². The average Bonchev–Trinajstić information content (AvgIpc) is 2.78. The largest absolute Gasteiger partial charge is 0.508 e. The molecule has 2 rings (SSSR count). The molecule has 1 aliphatic rings. The average molecular weight is 492 g/mol. The third-order valence-corrected chi connectivity index (χ3v) is 5.04. The highest BCUT2D eigenvalue weighted by atomic mass is 16.4. The molecule has 35 heavy (non-hydrogen) atoms. The number of aliphatic imine (C=N–C) groups is 1. The number of rotatable bonds is 8. The van der Waals surface area contributed by atoms with Crippen molar-refractivity contribution in [3.05, 3.63) is 29.8 Å². The zero-order valence-electron chi connectivity index (χ0n) is 18.8. The quantitative estimate of drug-likeness (QED) is 0.105. The summed E-state index contributed by atoms with van der Waals surface area (Å²) in [7, 11) is 0. The van der Waals surface area contributed by atoms with Crippen LogP contribution in [0.4, 0.5) is 0 Å². The summed E-state index contributed by atoms with van der Waals surface area (Å²) in [4.78, 5) is 65.8. The highest BCUT2D eigenvalue weighted by molar-refractivity contribution is 5.97. The number of hydrogen-bond donors (Lipinski definition) is 8. The molecule has 4 amide bonds. The monoisotopic (exact) mass is 491 g/mol. The predicted molar refractivity (Wildman–Crippen MR) is 123 cm³/mol. The summed E-state index contributed by atoms with van der Waals surface area (Å²) in [6.07, 6.45) is -0.296. The molecule has 14 heteroatoms. The second-order valence-electron chi connectivity index (χ2n) is 7.88. The van der Waals surface area contributed by atoms with Gasteiger partial charge in [0.25, 0.3) is 0 Å². The van der Waals surface area contributed by atoms with Gasteiger partial charge in [-0.05, 0) is 30.5 Å². The minimum atomic E-state index is -1.47. The number of aliphatic carboxylic acids is 1. The van der Waals surface area contributed by atoms with E-state index in [1.165, 1.54) is 12.1 Å². The maximum atomic E-state index is 13.1. The summed E-state index contributed by atoms with van der Waals surface area (Å²) in [5.74, 6) is -4.47. The number of carboxylic acids is 1. The molecule has 1 aromatic rings. The Balaban J connectivity index is 2.30. The number of benzene rings is 1. The molecule has 3 atom stereocenters. The van der Waals surface area contributed by atoms with E-state index in [1.807, 2.05) is 0 Å².